The molecule has 0 fully saturated rings. The third kappa shape index (κ3) is 1.45. The summed E-state index contributed by atoms with van der Waals surface area (Å²) in [6.45, 7) is 1.64. The predicted molar refractivity (Wildman–Crippen MR) is 40.6 cm³/mol. The van der Waals surface area contributed by atoms with Crippen LogP contribution in [0.2, 0.25) is 0 Å². The number of halogens is 2. The summed E-state index contributed by atoms with van der Waals surface area (Å²) in [5, 5.41) is 9.65. The van der Waals surface area contributed by atoms with Gasteiger partial charge in [-0.25, -0.2) is 4.79 Å². The van der Waals surface area contributed by atoms with Gasteiger partial charge in [-0.2, -0.15) is 8.78 Å². The summed E-state index contributed by atoms with van der Waals surface area (Å²) >= 11 is 0.754. The fourth-order valence-corrected chi connectivity index (χ4v) is 1.57. The highest BCUT2D eigenvalue weighted by atomic mass is 32.1. The Kier molecular flexibility index (Phi) is 2.14. The molecule has 0 radical (unpaired) electrons. The molecule has 0 aliphatic rings. The minimum Gasteiger partial charge on any atom is -0.477 e. The molecule has 0 spiro atoms. The van der Waals surface area contributed by atoms with E-state index in [1.54, 1.807) is 6.92 Å². The number of hydrogen-bond acceptors (Lipinski definition) is 2. The molecule has 1 rings (SSSR count). The van der Waals surface area contributed by atoms with Crippen LogP contribution in [0.3, 0.4) is 0 Å². The van der Waals surface area contributed by atoms with Crippen molar-refractivity contribution in [3.8, 4) is 0 Å². The second kappa shape index (κ2) is 2.82. The van der Waals surface area contributed by atoms with Gasteiger partial charge in [0.2, 0.25) is 0 Å². The molecule has 1 N–H and O–H groups in total. The molecule has 0 bridgehead atoms. The van der Waals surface area contributed by atoms with Gasteiger partial charge in [0.15, 0.2) is 0 Å². The molecule has 1 aromatic rings. The molecular weight excluding hydrogens is 186 g/mol. The lowest BCUT2D eigenvalue weighted by molar-refractivity contribution is -0.165. The summed E-state index contributed by atoms with van der Waals surface area (Å²) in [6, 6.07) is 1.18. The van der Waals surface area contributed by atoms with Gasteiger partial charge >= 0.3 is 11.9 Å². The maximum Gasteiger partial charge on any atom is 0.380 e. The average molecular weight is 192 g/mol. The number of carboxylic acid groups (broad SMARTS) is 1. The zero-order chi connectivity index (χ0) is 9.35. The smallest absolute Gasteiger partial charge is 0.380 e. The van der Waals surface area contributed by atoms with Crippen LogP contribution in [-0.2, 0) is 10.7 Å². The van der Waals surface area contributed by atoms with Gasteiger partial charge in [-0.3, -0.25) is 0 Å². The second-order valence-corrected chi connectivity index (χ2v) is 3.28. The van der Waals surface area contributed by atoms with Crippen LogP contribution in [0, 0.1) is 6.92 Å². The molecule has 0 unspecified atom stereocenters. The Balaban J connectivity index is 3.05. The van der Waals surface area contributed by atoms with Crippen LogP contribution < -0.4 is 0 Å². The SMILES string of the molecule is Cc1csc(C(F)(F)C(=O)O)c1. The molecule has 0 saturated carbocycles. The summed E-state index contributed by atoms with van der Waals surface area (Å²) in [7, 11) is 0. The lowest BCUT2D eigenvalue weighted by atomic mass is 10.2. The van der Waals surface area contributed by atoms with E-state index in [9.17, 15) is 13.6 Å². The van der Waals surface area contributed by atoms with Crippen LogP contribution in [0.25, 0.3) is 0 Å². The Morgan fingerprint density at radius 3 is 2.58 bits per heavy atom. The highest BCUT2D eigenvalue weighted by molar-refractivity contribution is 7.10. The molecular formula is C7H6F2O2S. The third-order valence-corrected chi connectivity index (χ3v) is 2.43. The molecule has 0 amide bonds. The molecule has 1 heterocycles. The molecule has 0 aromatic carbocycles. The predicted octanol–water partition coefficient (Wildman–Crippen LogP) is 2.23. The summed E-state index contributed by atoms with van der Waals surface area (Å²) in [5.41, 5.74) is 0.649. The van der Waals surface area contributed by atoms with Crippen LogP contribution in [0.5, 0.6) is 0 Å². The molecule has 0 aliphatic heterocycles. The normalized spacial score (nSPS) is 11.6. The van der Waals surface area contributed by atoms with Crippen molar-refractivity contribution in [3.63, 3.8) is 0 Å². The highest BCUT2D eigenvalue weighted by Gasteiger charge is 2.42. The van der Waals surface area contributed by atoms with Crippen molar-refractivity contribution in [1.29, 1.82) is 0 Å². The molecule has 12 heavy (non-hydrogen) atoms. The summed E-state index contributed by atoms with van der Waals surface area (Å²) in [6.07, 6.45) is 0. The van der Waals surface area contributed by atoms with Crippen LogP contribution >= 0.6 is 11.3 Å². The highest BCUT2D eigenvalue weighted by Crippen LogP contribution is 2.32. The zero-order valence-corrected chi connectivity index (χ0v) is 6.99. The van der Waals surface area contributed by atoms with E-state index in [-0.39, 0.29) is 0 Å². The first-order chi connectivity index (χ1) is 5.44. The summed E-state index contributed by atoms with van der Waals surface area (Å²) < 4.78 is 25.4. The maximum atomic E-state index is 12.7. The van der Waals surface area contributed by atoms with Crippen LogP contribution in [-0.4, -0.2) is 11.1 Å². The molecule has 0 saturated heterocycles. The Morgan fingerprint density at radius 1 is 1.67 bits per heavy atom. The Morgan fingerprint density at radius 2 is 2.25 bits per heavy atom. The van der Waals surface area contributed by atoms with Crippen molar-refractivity contribution in [2.24, 2.45) is 0 Å². The fraction of sp³-hybridized carbons (Fsp3) is 0.286. The van der Waals surface area contributed by atoms with Crippen molar-refractivity contribution in [2.75, 3.05) is 0 Å². The first-order valence-electron chi connectivity index (χ1n) is 3.11. The second-order valence-electron chi connectivity index (χ2n) is 2.37. The zero-order valence-electron chi connectivity index (χ0n) is 6.17. The van der Waals surface area contributed by atoms with E-state index in [2.05, 4.69) is 0 Å². The van der Waals surface area contributed by atoms with Crippen molar-refractivity contribution in [1.82, 2.24) is 0 Å². The Bertz CT molecular complexity index is 306. The van der Waals surface area contributed by atoms with Crippen molar-refractivity contribution < 1.29 is 18.7 Å². The number of thiophene rings is 1. The largest absolute Gasteiger partial charge is 0.477 e. The number of aliphatic carboxylic acids is 1. The van der Waals surface area contributed by atoms with E-state index in [1.807, 2.05) is 0 Å². The van der Waals surface area contributed by atoms with Crippen LogP contribution in [0.15, 0.2) is 11.4 Å². The van der Waals surface area contributed by atoms with E-state index < -0.39 is 16.8 Å². The molecule has 0 aliphatic carbocycles. The lowest BCUT2D eigenvalue weighted by Crippen LogP contribution is -2.23. The van der Waals surface area contributed by atoms with Gasteiger partial charge in [0.1, 0.15) is 0 Å². The number of hydrogen-bond donors (Lipinski definition) is 1. The van der Waals surface area contributed by atoms with Gasteiger partial charge in [-0.05, 0) is 23.9 Å². The monoisotopic (exact) mass is 192 g/mol. The topological polar surface area (TPSA) is 37.3 Å². The molecule has 0 atom stereocenters. The van der Waals surface area contributed by atoms with Gasteiger partial charge in [-0.15, -0.1) is 11.3 Å². The molecule has 1 aromatic heterocycles. The van der Waals surface area contributed by atoms with Gasteiger partial charge in [0, 0.05) is 0 Å². The van der Waals surface area contributed by atoms with E-state index in [0.29, 0.717) is 5.56 Å². The van der Waals surface area contributed by atoms with E-state index in [0.717, 1.165) is 11.3 Å². The standard InChI is InChI=1S/C7H6F2O2S/c1-4-2-5(12-3-4)7(8,9)6(10)11/h2-3H,1H3,(H,10,11). The fourth-order valence-electron chi connectivity index (χ4n) is 0.701. The third-order valence-electron chi connectivity index (χ3n) is 1.31. The van der Waals surface area contributed by atoms with E-state index in [4.69, 9.17) is 5.11 Å². The van der Waals surface area contributed by atoms with Gasteiger partial charge in [-0.1, -0.05) is 0 Å². The summed E-state index contributed by atoms with van der Waals surface area (Å²) in [4.78, 5) is 9.66. The molecule has 66 valence electrons. The quantitative estimate of drug-likeness (QED) is 0.780. The minimum absolute atomic E-state index is 0.424. The lowest BCUT2D eigenvalue weighted by Gasteiger charge is -2.06. The number of carboxylic acids is 1. The molecule has 5 heteroatoms. The maximum absolute atomic E-state index is 12.7. The summed E-state index contributed by atoms with van der Waals surface area (Å²) in [5.74, 6) is -5.86. The minimum atomic E-state index is -3.75. The first-order valence-corrected chi connectivity index (χ1v) is 3.99. The van der Waals surface area contributed by atoms with Crippen molar-refractivity contribution in [3.05, 3.63) is 21.9 Å². The Labute approximate surface area is 71.5 Å². The van der Waals surface area contributed by atoms with Crippen LogP contribution in [0.4, 0.5) is 8.78 Å². The van der Waals surface area contributed by atoms with Gasteiger partial charge in [0.05, 0.1) is 4.88 Å². The number of aryl methyl sites for hydroxylation is 1. The number of rotatable bonds is 2. The average Bonchev–Trinajstić information content (AvgIpc) is 2.35. The van der Waals surface area contributed by atoms with E-state index in [1.165, 1.54) is 11.4 Å². The van der Waals surface area contributed by atoms with Crippen LogP contribution in [0.1, 0.15) is 10.4 Å². The van der Waals surface area contributed by atoms with Crippen molar-refractivity contribution in [2.45, 2.75) is 12.8 Å². The van der Waals surface area contributed by atoms with E-state index >= 15 is 0 Å². The van der Waals surface area contributed by atoms with Gasteiger partial charge in [0.25, 0.3) is 0 Å². The first kappa shape index (κ1) is 9.12. The van der Waals surface area contributed by atoms with Crippen molar-refractivity contribution >= 4 is 17.3 Å². The molecule has 2 nitrogen and oxygen atoms in total. The number of alkyl halides is 2. The van der Waals surface area contributed by atoms with Gasteiger partial charge < -0.3 is 5.11 Å². The Hall–Kier alpha value is -0.970. The number of carbonyl (C=O) groups is 1.